The minimum Gasteiger partial charge on any atom is -0.356 e. The van der Waals surface area contributed by atoms with Crippen LogP contribution in [0.15, 0.2) is 0 Å². The summed E-state index contributed by atoms with van der Waals surface area (Å²) in [6.07, 6.45) is 7.53. The first-order chi connectivity index (χ1) is 7.29. The topological polar surface area (TPSA) is 55.1 Å². The molecule has 88 valence electrons. The lowest BCUT2D eigenvalue weighted by atomic mass is 9.85. The smallest absolute Gasteiger partial charge is 0.224 e. The second-order valence-electron chi connectivity index (χ2n) is 4.49. The maximum Gasteiger partial charge on any atom is 0.224 e. The predicted octanol–water partition coefficient (Wildman–Crippen LogP) is 1.67. The van der Waals surface area contributed by atoms with Crippen LogP contribution in [0.4, 0.5) is 0 Å². The first kappa shape index (κ1) is 12.5. The third-order valence-electron chi connectivity index (χ3n) is 3.41. The van der Waals surface area contributed by atoms with Crippen molar-refractivity contribution in [2.45, 2.75) is 45.4 Å². The highest BCUT2D eigenvalue weighted by Gasteiger charge is 2.26. The van der Waals surface area contributed by atoms with Gasteiger partial charge >= 0.3 is 0 Å². The van der Waals surface area contributed by atoms with Crippen molar-refractivity contribution in [1.82, 2.24) is 5.32 Å². The molecular weight excluding hydrogens is 188 g/mol. The van der Waals surface area contributed by atoms with Gasteiger partial charge in [0, 0.05) is 13.1 Å². The molecule has 1 fully saturated rings. The van der Waals surface area contributed by atoms with E-state index in [9.17, 15) is 4.79 Å². The van der Waals surface area contributed by atoms with Crippen molar-refractivity contribution in [3.05, 3.63) is 0 Å². The molecule has 0 heterocycles. The minimum absolute atomic E-state index is 0.0445. The number of carbonyl (C=O) groups excluding carboxylic acids is 1. The maximum atomic E-state index is 11.8. The number of hydrogen-bond donors (Lipinski definition) is 2. The van der Waals surface area contributed by atoms with Crippen LogP contribution >= 0.6 is 0 Å². The normalized spacial score (nSPS) is 20.7. The van der Waals surface area contributed by atoms with Gasteiger partial charge in [-0.1, -0.05) is 25.7 Å². The highest BCUT2D eigenvalue weighted by Crippen LogP contribution is 2.28. The minimum atomic E-state index is 0.0445. The average Bonchev–Trinajstić information content (AvgIpc) is 2.48. The van der Waals surface area contributed by atoms with E-state index in [0.29, 0.717) is 19.0 Å². The lowest BCUT2D eigenvalue weighted by Gasteiger charge is -2.23. The van der Waals surface area contributed by atoms with E-state index in [2.05, 4.69) is 5.32 Å². The highest BCUT2D eigenvalue weighted by molar-refractivity contribution is 5.79. The van der Waals surface area contributed by atoms with Gasteiger partial charge in [0.2, 0.25) is 5.91 Å². The van der Waals surface area contributed by atoms with E-state index in [0.717, 1.165) is 0 Å². The number of hydrogen-bond acceptors (Lipinski definition) is 2. The van der Waals surface area contributed by atoms with Crippen LogP contribution in [0.5, 0.6) is 0 Å². The summed E-state index contributed by atoms with van der Waals surface area (Å²) in [4.78, 5) is 11.8. The molecular formula is C12H24N2O. The molecule has 1 atom stereocenters. The highest BCUT2D eigenvalue weighted by atomic mass is 16.1. The third-order valence-corrected chi connectivity index (χ3v) is 3.41. The van der Waals surface area contributed by atoms with Crippen LogP contribution in [0.25, 0.3) is 0 Å². The Kier molecular flexibility index (Phi) is 5.69. The molecule has 0 aromatic carbocycles. The maximum absolute atomic E-state index is 11.8. The van der Waals surface area contributed by atoms with Crippen molar-refractivity contribution >= 4 is 5.91 Å². The Hall–Kier alpha value is -0.570. The molecule has 1 rings (SSSR count). The summed E-state index contributed by atoms with van der Waals surface area (Å²) in [5.74, 6) is 0.721. The van der Waals surface area contributed by atoms with E-state index in [4.69, 9.17) is 5.73 Å². The predicted molar refractivity (Wildman–Crippen MR) is 62.4 cm³/mol. The van der Waals surface area contributed by atoms with Gasteiger partial charge in [-0.25, -0.2) is 0 Å². The lowest BCUT2D eigenvalue weighted by molar-refractivity contribution is -0.126. The molecule has 1 aliphatic carbocycles. The number of nitrogens with two attached hydrogens (primary N) is 1. The van der Waals surface area contributed by atoms with Gasteiger partial charge in [-0.3, -0.25) is 4.79 Å². The van der Waals surface area contributed by atoms with Gasteiger partial charge in [0.05, 0.1) is 5.92 Å². The summed E-state index contributed by atoms with van der Waals surface area (Å²) < 4.78 is 0. The number of nitrogens with one attached hydrogen (secondary N) is 1. The van der Waals surface area contributed by atoms with Crippen LogP contribution in [-0.4, -0.2) is 19.0 Å². The van der Waals surface area contributed by atoms with E-state index < -0.39 is 0 Å². The Morgan fingerprint density at radius 3 is 2.40 bits per heavy atom. The zero-order chi connectivity index (χ0) is 11.1. The van der Waals surface area contributed by atoms with Crippen molar-refractivity contribution in [1.29, 1.82) is 0 Å². The monoisotopic (exact) mass is 212 g/mol. The van der Waals surface area contributed by atoms with Gasteiger partial charge in [0.15, 0.2) is 0 Å². The quantitative estimate of drug-likeness (QED) is 0.696. The average molecular weight is 212 g/mol. The zero-order valence-corrected chi connectivity index (χ0v) is 9.80. The summed E-state index contributed by atoms with van der Waals surface area (Å²) in [6.45, 7) is 3.16. The third kappa shape index (κ3) is 3.82. The fourth-order valence-electron chi connectivity index (χ4n) is 2.53. The van der Waals surface area contributed by atoms with Gasteiger partial charge in [-0.05, 0) is 25.7 Å². The molecule has 3 heteroatoms. The van der Waals surface area contributed by atoms with Crippen molar-refractivity contribution in [2.75, 3.05) is 13.1 Å². The summed E-state index contributed by atoms with van der Waals surface area (Å²) in [5, 5.41) is 2.90. The van der Waals surface area contributed by atoms with Crippen LogP contribution in [0, 0.1) is 11.8 Å². The zero-order valence-electron chi connectivity index (χ0n) is 9.80. The van der Waals surface area contributed by atoms with Crippen molar-refractivity contribution in [3.8, 4) is 0 Å². The summed E-state index contributed by atoms with van der Waals surface area (Å²) in [6, 6.07) is 0. The molecule has 0 saturated heterocycles. The Morgan fingerprint density at radius 2 is 1.93 bits per heavy atom. The van der Waals surface area contributed by atoms with Crippen LogP contribution in [0.1, 0.15) is 45.4 Å². The molecule has 0 aromatic rings. The van der Waals surface area contributed by atoms with Crippen LogP contribution < -0.4 is 11.1 Å². The number of carbonyl (C=O) groups is 1. The summed E-state index contributed by atoms with van der Waals surface area (Å²) in [5.41, 5.74) is 5.72. The van der Waals surface area contributed by atoms with Crippen LogP contribution in [0.3, 0.4) is 0 Å². The Morgan fingerprint density at radius 1 is 1.33 bits per heavy atom. The van der Waals surface area contributed by atoms with Gasteiger partial charge in [0.1, 0.15) is 0 Å². The van der Waals surface area contributed by atoms with Gasteiger partial charge < -0.3 is 11.1 Å². The number of rotatable bonds is 4. The molecule has 1 saturated carbocycles. The van der Waals surface area contributed by atoms with Gasteiger partial charge in [-0.2, -0.15) is 0 Å². The molecule has 0 aromatic heterocycles. The van der Waals surface area contributed by atoms with Gasteiger partial charge in [-0.15, -0.1) is 0 Å². The molecule has 0 bridgehead atoms. The van der Waals surface area contributed by atoms with E-state index in [1.807, 2.05) is 6.92 Å². The fraction of sp³-hybridized carbons (Fsp3) is 0.917. The van der Waals surface area contributed by atoms with Crippen molar-refractivity contribution in [3.63, 3.8) is 0 Å². The largest absolute Gasteiger partial charge is 0.356 e. The lowest BCUT2D eigenvalue weighted by Crippen LogP contribution is -2.39. The SMILES string of the molecule is CCNC(=O)C(CN)C1CCCCCC1. The molecule has 15 heavy (non-hydrogen) atoms. The molecule has 1 aliphatic rings. The first-order valence-electron chi connectivity index (χ1n) is 6.27. The van der Waals surface area contributed by atoms with Crippen molar-refractivity contribution < 1.29 is 4.79 Å². The molecule has 0 spiro atoms. The number of amides is 1. The molecule has 0 radical (unpaired) electrons. The summed E-state index contributed by atoms with van der Waals surface area (Å²) in [7, 11) is 0. The molecule has 1 amide bonds. The second kappa shape index (κ2) is 6.83. The molecule has 1 unspecified atom stereocenters. The molecule has 3 nitrogen and oxygen atoms in total. The van der Waals surface area contributed by atoms with E-state index in [-0.39, 0.29) is 11.8 Å². The molecule has 3 N–H and O–H groups in total. The standard InChI is InChI=1S/C12H24N2O/c1-2-14-12(15)11(9-13)10-7-5-3-4-6-8-10/h10-11H,2-9,13H2,1H3,(H,14,15). The Balaban J connectivity index is 2.51. The van der Waals surface area contributed by atoms with Crippen molar-refractivity contribution in [2.24, 2.45) is 17.6 Å². The van der Waals surface area contributed by atoms with Crippen LogP contribution in [0.2, 0.25) is 0 Å². The van der Waals surface area contributed by atoms with Gasteiger partial charge in [0.25, 0.3) is 0 Å². The van der Waals surface area contributed by atoms with E-state index in [1.54, 1.807) is 0 Å². The van der Waals surface area contributed by atoms with Crippen LogP contribution in [-0.2, 0) is 4.79 Å². The Labute approximate surface area is 92.8 Å². The second-order valence-corrected chi connectivity index (χ2v) is 4.49. The first-order valence-corrected chi connectivity index (χ1v) is 6.27. The van der Waals surface area contributed by atoms with E-state index in [1.165, 1.54) is 38.5 Å². The van der Waals surface area contributed by atoms with E-state index >= 15 is 0 Å². The summed E-state index contributed by atoms with van der Waals surface area (Å²) >= 11 is 0. The Bertz CT molecular complexity index is 186. The fourth-order valence-corrected chi connectivity index (χ4v) is 2.53. The molecule has 0 aliphatic heterocycles.